The van der Waals surface area contributed by atoms with E-state index in [0.717, 1.165) is 54.0 Å². The van der Waals surface area contributed by atoms with Crippen molar-refractivity contribution in [3.8, 4) is 0 Å². The maximum Gasteiger partial charge on any atom is 0.159 e. The number of carbonyl (C=O) groups excluding carboxylic acids is 1. The van der Waals surface area contributed by atoms with Gasteiger partial charge in [-0.3, -0.25) is 14.2 Å². The Labute approximate surface area is 189 Å². The molecule has 2 heterocycles. The van der Waals surface area contributed by atoms with E-state index in [-0.39, 0.29) is 24.6 Å². The number of aromatic nitrogens is 4. The predicted molar refractivity (Wildman–Crippen MR) is 120 cm³/mol. The maximum atomic E-state index is 13.5. The van der Waals surface area contributed by atoms with Gasteiger partial charge in [-0.15, -0.1) is 0 Å². The first-order valence-corrected chi connectivity index (χ1v) is 12.8. The summed E-state index contributed by atoms with van der Waals surface area (Å²) in [5.41, 5.74) is 1.66. The fourth-order valence-electron chi connectivity index (χ4n) is 8.75. The molecule has 0 saturated heterocycles. The van der Waals surface area contributed by atoms with Crippen LogP contribution in [0.5, 0.6) is 0 Å². The zero-order valence-corrected chi connectivity index (χ0v) is 19.1. The summed E-state index contributed by atoms with van der Waals surface area (Å²) in [6.07, 6.45) is 14.1. The van der Waals surface area contributed by atoms with Crippen molar-refractivity contribution in [1.29, 1.82) is 0 Å². The summed E-state index contributed by atoms with van der Waals surface area (Å²) in [6.45, 7) is 2.55. The molecule has 5 nitrogen and oxygen atoms in total. The van der Waals surface area contributed by atoms with Gasteiger partial charge in [-0.2, -0.15) is 15.0 Å². The molecule has 2 aromatic rings. The van der Waals surface area contributed by atoms with E-state index in [4.69, 9.17) is 0 Å². The Hall–Kier alpha value is -1.85. The molecule has 0 bridgehead atoms. The SMILES string of the molecule is CC12CCC3C4CCC(CF)CC4CCC3C1CCC2C(=O)Cn1nc2ccncc2n1. The van der Waals surface area contributed by atoms with E-state index in [9.17, 15) is 9.18 Å². The van der Waals surface area contributed by atoms with Crippen LogP contribution in [0.15, 0.2) is 18.5 Å². The van der Waals surface area contributed by atoms with Crippen LogP contribution in [0.3, 0.4) is 0 Å². The molecule has 0 aromatic carbocycles. The number of carbonyl (C=O) groups is 1. The zero-order valence-electron chi connectivity index (χ0n) is 19.1. The second kappa shape index (κ2) is 7.88. The number of alkyl halides is 1. The number of pyridine rings is 1. The lowest BCUT2D eigenvalue weighted by Crippen LogP contribution is -2.49. The van der Waals surface area contributed by atoms with Gasteiger partial charge in [0.25, 0.3) is 0 Å². The number of nitrogens with zero attached hydrogens (tertiary/aromatic N) is 4. The topological polar surface area (TPSA) is 60.7 Å². The molecule has 4 fully saturated rings. The van der Waals surface area contributed by atoms with Crippen molar-refractivity contribution in [1.82, 2.24) is 20.0 Å². The second-order valence-corrected chi connectivity index (χ2v) is 11.5. The molecule has 8 unspecified atom stereocenters. The van der Waals surface area contributed by atoms with E-state index in [2.05, 4.69) is 22.1 Å². The molecule has 0 radical (unpaired) electrons. The van der Waals surface area contributed by atoms with Gasteiger partial charge in [-0.25, -0.2) is 0 Å². The summed E-state index contributed by atoms with van der Waals surface area (Å²) in [6, 6.07) is 1.84. The van der Waals surface area contributed by atoms with Crippen LogP contribution >= 0.6 is 0 Å². The summed E-state index contributed by atoms with van der Waals surface area (Å²) < 4.78 is 13.3. The number of Topliss-reactive ketones (excluding diaryl/α,β-unsaturated/α-hetero) is 1. The van der Waals surface area contributed by atoms with Crippen LogP contribution in [-0.2, 0) is 11.3 Å². The molecule has 172 valence electrons. The van der Waals surface area contributed by atoms with Crippen molar-refractivity contribution in [2.24, 2.45) is 46.8 Å². The lowest BCUT2D eigenvalue weighted by atomic mass is 9.49. The summed E-state index contributed by atoms with van der Waals surface area (Å²) in [5.74, 6) is 4.56. The van der Waals surface area contributed by atoms with Gasteiger partial charge in [-0.05, 0) is 105 Å². The first-order chi connectivity index (χ1) is 15.6. The molecule has 4 aliphatic rings. The third-order valence-electron chi connectivity index (χ3n) is 10.2. The Morgan fingerprint density at radius 1 is 1.06 bits per heavy atom. The van der Waals surface area contributed by atoms with Crippen molar-refractivity contribution >= 4 is 16.8 Å². The molecule has 6 rings (SSSR count). The van der Waals surface area contributed by atoms with Crippen LogP contribution in [0, 0.1) is 46.8 Å². The molecule has 4 aliphatic carbocycles. The van der Waals surface area contributed by atoms with Crippen LogP contribution in [0.4, 0.5) is 4.39 Å². The normalized spacial score (nSPS) is 41.1. The highest BCUT2D eigenvalue weighted by molar-refractivity contribution is 5.82. The Morgan fingerprint density at radius 3 is 2.75 bits per heavy atom. The number of hydrogen-bond donors (Lipinski definition) is 0. The quantitative estimate of drug-likeness (QED) is 0.654. The Morgan fingerprint density at radius 2 is 1.91 bits per heavy atom. The first kappa shape index (κ1) is 20.7. The fraction of sp³-hybridized carbons (Fsp3) is 0.769. The van der Waals surface area contributed by atoms with Crippen LogP contribution in [0.25, 0.3) is 11.0 Å². The minimum atomic E-state index is -0.126. The summed E-state index contributed by atoms with van der Waals surface area (Å²) >= 11 is 0. The minimum Gasteiger partial charge on any atom is -0.297 e. The van der Waals surface area contributed by atoms with Crippen molar-refractivity contribution in [3.05, 3.63) is 18.5 Å². The standard InChI is InChI=1S/C26H35FN4O/c1-26-10-8-19-18-4-2-16(13-27)12-17(18)3-5-20(19)21(26)6-7-22(26)25(32)15-31-29-23-9-11-28-14-24(23)30-31/h9,11,14,16-22H,2-8,10,12-13,15H2,1H3. The lowest BCUT2D eigenvalue weighted by Gasteiger charge is -2.56. The average molecular weight is 439 g/mol. The van der Waals surface area contributed by atoms with E-state index in [0.29, 0.717) is 17.6 Å². The molecule has 2 aromatic heterocycles. The molecule has 4 saturated carbocycles. The van der Waals surface area contributed by atoms with Gasteiger partial charge in [-0.1, -0.05) is 6.92 Å². The largest absolute Gasteiger partial charge is 0.297 e. The molecule has 0 N–H and O–H groups in total. The molecule has 8 atom stereocenters. The van der Waals surface area contributed by atoms with Crippen molar-refractivity contribution in [2.75, 3.05) is 6.67 Å². The lowest BCUT2D eigenvalue weighted by molar-refractivity contribution is -0.131. The molecule has 0 aliphatic heterocycles. The second-order valence-electron chi connectivity index (χ2n) is 11.5. The average Bonchev–Trinajstić information content (AvgIpc) is 3.38. The summed E-state index contributed by atoms with van der Waals surface area (Å²) in [7, 11) is 0. The Balaban J connectivity index is 1.17. The van der Waals surface area contributed by atoms with Gasteiger partial charge in [0, 0.05) is 12.1 Å². The van der Waals surface area contributed by atoms with Gasteiger partial charge in [0.2, 0.25) is 0 Å². The first-order valence-electron chi connectivity index (χ1n) is 12.8. The predicted octanol–water partition coefficient (Wildman–Crippen LogP) is 5.25. The summed E-state index contributed by atoms with van der Waals surface area (Å²) in [4.78, 5) is 19.1. The third-order valence-corrected chi connectivity index (χ3v) is 10.2. The third kappa shape index (κ3) is 3.23. The molecule has 6 heteroatoms. The van der Waals surface area contributed by atoms with Gasteiger partial charge in [0.1, 0.15) is 17.6 Å². The smallest absolute Gasteiger partial charge is 0.159 e. The molecule has 32 heavy (non-hydrogen) atoms. The molecular weight excluding hydrogens is 403 g/mol. The molecular formula is C26H35FN4O. The fourth-order valence-corrected chi connectivity index (χ4v) is 8.75. The number of hydrogen-bond acceptors (Lipinski definition) is 4. The van der Waals surface area contributed by atoms with E-state index in [1.807, 2.05) is 6.07 Å². The highest BCUT2D eigenvalue weighted by Crippen LogP contribution is 2.64. The van der Waals surface area contributed by atoms with Crippen molar-refractivity contribution in [2.45, 2.75) is 71.3 Å². The molecule has 0 amide bonds. The van der Waals surface area contributed by atoms with Gasteiger partial charge >= 0.3 is 0 Å². The van der Waals surface area contributed by atoms with Crippen molar-refractivity contribution in [3.63, 3.8) is 0 Å². The number of ketones is 1. The molecule has 0 spiro atoms. The maximum absolute atomic E-state index is 13.5. The zero-order chi connectivity index (χ0) is 21.9. The van der Waals surface area contributed by atoms with Gasteiger partial charge < -0.3 is 0 Å². The Kier molecular flexibility index (Phi) is 5.10. The highest BCUT2D eigenvalue weighted by Gasteiger charge is 2.58. The Bertz CT molecular complexity index is 974. The van der Waals surface area contributed by atoms with E-state index in [1.165, 1.54) is 38.5 Å². The number of rotatable bonds is 4. The van der Waals surface area contributed by atoms with Crippen LogP contribution in [-0.4, -0.2) is 32.4 Å². The number of fused-ring (bicyclic) bond motifs is 6. The minimum absolute atomic E-state index is 0.120. The van der Waals surface area contributed by atoms with Crippen molar-refractivity contribution < 1.29 is 9.18 Å². The van der Waals surface area contributed by atoms with Gasteiger partial charge in [0.15, 0.2) is 5.78 Å². The van der Waals surface area contributed by atoms with E-state index >= 15 is 0 Å². The van der Waals surface area contributed by atoms with Gasteiger partial charge in [0.05, 0.1) is 12.9 Å². The van der Waals surface area contributed by atoms with Crippen LogP contribution in [0.1, 0.15) is 64.7 Å². The van der Waals surface area contributed by atoms with E-state index in [1.54, 1.807) is 17.2 Å². The summed E-state index contributed by atoms with van der Waals surface area (Å²) in [5, 5.41) is 8.96. The number of halogens is 1. The van der Waals surface area contributed by atoms with E-state index < -0.39 is 0 Å². The van der Waals surface area contributed by atoms with Crippen LogP contribution in [0.2, 0.25) is 0 Å². The highest BCUT2D eigenvalue weighted by atomic mass is 19.1. The monoisotopic (exact) mass is 438 g/mol. The van der Waals surface area contributed by atoms with Crippen LogP contribution < -0.4 is 0 Å².